The summed E-state index contributed by atoms with van der Waals surface area (Å²) in [6, 6.07) is 1.50. The van der Waals surface area contributed by atoms with Crippen molar-refractivity contribution in [3.63, 3.8) is 0 Å². The third-order valence-corrected chi connectivity index (χ3v) is 4.35. The molecule has 8 heteroatoms. The molecule has 0 radical (unpaired) electrons. The van der Waals surface area contributed by atoms with Crippen LogP contribution in [0.1, 0.15) is 32.5 Å². The number of rotatable bonds is 3. The van der Waals surface area contributed by atoms with Crippen LogP contribution in [0.4, 0.5) is 0 Å². The summed E-state index contributed by atoms with van der Waals surface area (Å²) < 4.78 is 9.98. The monoisotopic (exact) mass is 323 g/mol. The zero-order valence-electron chi connectivity index (χ0n) is 13.3. The predicted molar refractivity (Wildman–Crippen MR) is 83.4 cm³/mol. The zero-order valence-corrected chi connectivity index (χ0v) is 13.3. The fourth-order valence-electron chi connectivity index (χ4n) is 3.13. The Labute approximate surface area is 132 Å². The number of nitrogens with zero attached hydrogens (tertiary/aromatic N) is 3. The molecule has 2 aromatic heterocycles. The van der Waals surface area contributed by atoms with E-state index in [9.17, 15) is 19.8 Å². The smallest absolute Gasteiger partial charge is 0.332 e. The van der Waals surface area contributed by atoms with Gasteiger partial charge < -0.3 is 19.5 Å². The number of aliphatic hydroxyl groups excluding tert-OH is 2. The molecule has 1 fully saturated rings. The van der Waals surface area contributed by atoms with Crippen molar-refractivity contribution in [3.8, 4) is 0 Å². The topological polar surface area (TPSA) is 98.6 Å². The molecular formula is C15H21N3O5. The second-order valence-corrected chi connectivity index (χ2v) is 6.19. The van der Waals surface area contributed by atoms with Crippen LogP contribution in [0.2, 0.25) is 0 Å². The lowest BCUT2D eigenvalue weighted by Crippen LogP contribution is -2.39. The molecule has 1 aliphatic heterocycles. The van der Waals surface area contributed by atoms with Crippen molar-refractivity contribution in [3.05, 3.63) is 33.1 Å². The molecule has 3 heterocycles. The van der Waals surface area contributed by atoms with E-state index in [0.29, 0.717) is 11.0 Å². The van der Waals surface area contributed by atoms with Gasteiger partial charge >= 0.3 is 5.69 Å². The molecule has 0 saturated carbocycles. The van der Waals surface area contributed by atoms with E-state index in [2.05, 4.69) is 0 Å². The Kier molecular flexibility index (Phi) is 3.91. The molecule has 3 atom stereocenters. The number of aliphatic hydroxyl groups is 2. The van der Waals surface area contributed by atoms with E-state index >= 15 is 0 Å². The third kappa shape index (κ3) is 2.34. The lowest BCUT2D eigenvalue weighted by atomic mass is 10.2. The number of fused-ring (bicyclic) bond motifs is 1. The molecule has 23 heavy (non-hydrogen) atoms. The summed E-state index contributed by atoms with van der Waals surface area (Å²) in [6.45, 7) is 3.45. The highest BCUT2D eigenvalue weighted by Gasteiger charge is 2.35. The van der Waals surface area contributed by atoms with Crippen LogP contribution in [-0.2, 0) is 11.8 Å². The molecule has 0 bridgehead atoms. The van der Waals surface area contributed by atoms with Crippen molar-refractivity contribution in [2.24, 2.45) is 7.05 Å². The minimum Gasteiger partial charge on any atom is -0.394 e. The Bertz CT molecular complexity index is 847. The first kappa shape index (κ1) is 16.0. The van der Waals surface area contributed by atoms with E-state index in [-0.39, 0.29) is 24.6 Å². The maximum atomic E-state index is 12.5. The zero-order chi connectivity index (χ0) is 16.9. The largest absolute Gasteiger partial charge is 0.394 e. The average Bonchev–Trinajstić information content (AvgIpc) is 3.08. The van der Waals surface area contributed by atoms with Gasteiger partial charge in [0.05, 0.1) is 18.1 Å². The minimum absolute atomic E-state index is 0.148. The Morgan fingerprint density at radius 1 is 1.39 bits per heavy atom. The van der Waals surface area contributed by atoms with Crippen LogP contribution in [0, 0.1) is 0 Å². The normalized spacial score (nSPS) is 24.9. The van der Waals surface area contributed by atoms with Crippen LogP contribution < -0.4 is 11.2 Å². The number of aromatic nitrogens is 3. The van der Waals surface area contributed by atoms with E-state index in [4.69, 9.17) is 4.74 Å². The molecule has 0 aliphatic carbocycles. The van der Waals surface area contributed by atoms with E-state index in [1.54, 1.807) is 21.4 Å². The molecule has 2 aromatic rings. The Hall–Kier alpha value is -1.90. The molecule has 126 valence electrons. The van der Waals surface area contributed by atoms with Gasteiger partial charge in [-0.3, -0.25) is 13.9 Å². The molecule has 3 rings (SSSR count). The number of ether oxygens (including phenoxy) is 1. The van der Waals surface area contributed by atoms with Crippen molar-refractivity contribution < 1.29 is 14.9 Å². The minimum atomic E-state index is -0.784. The molecule has 8 nitrogen and oxygen atoms in total. The van der Waals surface area contributed by atoms with Crippen LogP contribution >= 0.6 is 0 Å². The third-order valence-electron chi connectivity index (χ3n) is 4.35. The predicted octanol–water partition coefficient (Wildman–Crippen LogP) is -0.277. The van der Waals surface area contributed by atoms with Gasteiger partial charge in [-0.25, -0.2) is 4.79 Å². The summed E-state index contributed by atoms with van der Waals surface area (Å²) in [7, 11) is 1.46. The van der Waals surface area contributed by atoms with Gasteiger partial charge in [0.2, 0.25) is 0 Å². The maximum absolute atomic E-state index is 12.5. The molecule has 1 aliphatic rings. The Morgan fingerprint density at radius 3 is 2.65 bits per heavy atom. The van der Waals surface area contributed by atoms with E-state index in [1.165, 1.54) is 7.05 Å². The summed E-state index contributed by atoms with van der Waals surface area (Å²) >= 11 is 0. The fourth-order valence-corrected chi connectivity index (χ4v) is 3.13. The fraction of sp³-hybridized carbons (Fsp3) is 0.600. The van der Waals surface area contributed by atoms with E-state index < -0.39 is 24.1 Å². The quantitative estimate of drug-likeness (QED) is 0.810. The molecule has 0 unspecified atom stereocenters. The van der Waals surface area contributed by atoms with Gasteiger partial charge in [-0.15, -0.1) is 0 Å². The highest BCUT2D eigenvalue weighted by atomic mass is 16.5. The highest BCUT2D eigenvalue weighted by Crippen LogP contribution is 2.31. The lowest BCUT2D eigenvalue weighted by Gasteiger charge is -2.19. The standard InChI is InChI=1S/C15H21N3O5/c1-8(2)18-13-9(14(21)16(3)15(18)22)4-5-17(13)12-6-10(20)11(7-19)23-12/h4-5,8,10-12,19-20H,6-7H2,1-3H3/t10-,11+,12+/m0/s1. The first-order chi connectivity index (χ1) is 10.9. The molecule has 2 N–H and O–H groups in total. The van der Waals surface area contributed by atoms with Crippen molar-refractivity contribution in [1.29, 1.82) is 0 Å². The highest BCUT2D eigenvalue weighted by molar-refractivity contribution is 5.75. The molecule has 1 saturated heterocycles. The van der Waals surface area contributed by atoms with Gasteiger partial charge in [0, 0.05) is 25.7 Å². The SMILES string of the molecule is CC(C)n1c(=O)n(C)c(=O)c2ccn([C@H]3C[C@H](O)[C@@H](CO)O3)c21. The second-order valence-electron chi connectivity index (χ2n) is 6.19. The Morgan fingerprint density at radius 2 is 2.09 bits per heavy atom. The van der Waals surface area contributed by atoms with Gasteiger partial charge in [0.25, 0.3) is 5.56 Å². The van der Waals surface area contributed by atoms with Gasteiger partial charge in [-0.1, -0.05) is 0 Å². The first-order valence-corrected chi connectivity index (χ1v) is 7.63. The number of hydrogen-bond acceptors (Lipinski definition) is 5. The first-order valence-electron chi connectivity index (χ1n) is 7.63. The summed E-state index contributed by atoms with van der Waals surface area (Å²) in [4.78, 5) is 24.8. The average molecular weight is 323 g/mol. The van der Waals surface area contributed by atoms with Crippen molar-refractivity contribution in [2.75, 3.05) is 6.61 Å². The molecular weight excluding hydrogens is 302 g/mol. The summed E-state index contributed by atoms with van der Waals surface area (Å²) in [6.07, 6.45) is -0.00882. The van der Waals surface area contributed by atoms with Gasteiger partial charge in [-0.05, 0) is 19.9 Å². The molecule has 0 amide bonds. The van der Waals surface area contributed by atoms with Crippen molar-refractivity contribution >= 4 is 11.0 Å². The summed E-state index contributed by atoms with van der Waals surface area (Å²) in [5.74, 6) is 0. The molecule has 0 spiro atoms. The van der Waals surface area contributed by atoms with Crippen molar-refractivity contribution in [2.45, 2.75) is 44.7 Å². The summed E-state index contributed by atoms with van der Waals surface area (Å²) in [5, 5.41) is 19.6. The van der Waals surface area contributed by atoms with Gasteiger partial charge in [-0.2, -0.15) is 0 Å². The maximum Gasteiger partial charge on any atom is 0.332 e. The van der Waals surface area contributed by atoms with Crippen LogP contribution in [0.25, 0.3) is 11.0 Å². The van der Waals surface area contributed by atoms with Crippen LogP contribution in [0.3, 0.4) is 0 Å². The molecule has 0 aromatic carbocycles. The van der Waals surface area contributed by atoms with Gasteiger partial charge in [0.1, 0.15) is 18.0 Å². The van der Waals surface area contributed by atoms with Crippen LogP contribution in [0.5, 0.6) is 0 Å². The summed E-state index contributed by atoms with van der Waals surface area (Å²) in [5.41, 5.74) is -0.281. The second kappa shape index (κ2) is 5.63. The number of hydrogen-bond donors (Lipinski definition) is 2. The lowest BCUT2D eigenvalue weighted by molar-refractivity contribution is -0.0432. The van der Waals surface area contributed by atoms with Crippen LogP contribution in [0.15, 0.2) is 21.9 Å². The van der Waals surface area contributed by atoms with Crippen LogP contribution in [-0.4, -0.2) is 42.7 Å². The van der Waals surface area contributed by atoms with E-state index in [0.717, 1.165) is 4.57 Å². The van der Waals surface area contributed by atoms with E-state index in [1.807, 2.05) is 13.8 Å². The Balaban J connectivity index is 2.25. The van der Waals surface area contributed by atoms with Gasteiger partial charge in [0.15, 0.2) is 0 Å². The van der Waals surface area contributed by atoms with Crippen molar-refractivity contribution in [1.82, 2.24) is 13.7 Å².